The molecule has 636 valence electrons. The average molecular weight is 1620 g/mol. The van der Waals surface area contributed by atoms with Crippen LogP contribution in [-0.2, 0) is 91.1 Å². The number of hydrogen-bond donors (Lipinski definition) is 20. The van der Waals surface area contributed by atoms with Gasteiger partial charge < -0.3 is 112 Å². The fourth-order valence-corrected chi connectivity index (χ4v) is 13.5. The Morgan fingerprint density at radius 1 is 0.526 bits per heavy atom. The molecule has 1 aliphatic rings. The number of rotatable bonds is 49. The summed E-state index contributed by atoms with van der Waals surface area (Å²) >= 11 is 0. The Hall–Kier alpha value is -11.0. The number of ether oxygens (including phenoxy) is 1. The second kappa shape index (κ2) is 49.7. The molecule has 1 aliphatic heterocycles. The summed E-state index contributed by atoms with van der Waals surface area (Å²) in [6.45, 7) is 4.60. The van der Waals surface area contributed by atoms with E-state index in [1.807, 2.05) is 0 Å². The number of amides is 13. The molecule has 35 nitrogen and oxygen atoms in total. The molecule has 24 N–H and O–H groups in total. The van der Waals surface area contributed by atoms with E-state index in [4.69, 9.17) is 27.7 Å². The molecule has 35 heteroatoms. The molecule has 0 unspecified atom stereocenters. The standard InChI is InChI=1S/C81H120N18O17/c1-5-7-8-9-10-11-12-13-14-15-16-31-67(103)91-64(42-66(85)102)77(111)95-61(39-50-32-34-53(101)35-33-50)75(109)97-62(40-51-43-86-56-26-19-17-24-54(51)56)76(110)94-60(30-23-38-84)74(108)93-58(28-21-36-82)72(106)88-45-68(104)90-59(29-22-37-83)73(107)96-63(41-52-44-87-57-27-20-18-25-55(52)57)78(112)99-71-49(4)116-81(115)65(47-100)92-69(105)46-89-79(113)70(48(3)6-2)98-80(71)114/h17-20,24-27,32-35,43-44,48-49,58-65,70-71,86-87,100-101H,5-16,21-23,28-31,36-42,45-47,82-84H2,1-4H3,(H2,85,102)(H,88,106)(H,89,113)(H,90,104)(H,91,103)(H,92,105)(H,93,108)(H,94,110)(H,95,111)(H,96,107)(H,97,109)(H,98,114)(H,99,112)/t48-,49+,58-,59+,60+,61+,62+,63-,64+,65-,70-,71-/m0/s1. The first-order valence-electron chi connectivity index (χ1n) is 40.3. The van der Waals surface area contributed by atoms with Crippen LogP contribution in [-0.4, -0.2) is 209 Å². The number of nitrogens with two attached hydrogens (primary N) is 4. The molecule has 0 saturated carbocycles. The van der Waals surface area contributed by atoms with Gasteiger partial charge in [0, 0.05) is 59.9 Å². The van der Waals surface area contributed by atoms with E-state index in [0.29, 0.717) is 51.3 Å². The number of esters is 1. The van der Waals surface area contributed by atoms with Crippen LogP contribution < -0.4 is 86.7 Å². The lowest BCUT2D eigenvalue weighted by Crippen LogP contribution is -2.62. The van der Waals surface area contributed by atoms with E-state index >= 15 is 4.79 Å². The maximum atomic E-state index is 15.1. The van der Waals surface area contributed by atoms with E-state index in [1.54, 1.807) is 74.8 Å². The minimum Gasteiger partial charge on any atom is -0.508 e. The van der Waals surface area contributed by atoms with Crippen LogP contribution in [0.5, 0.6) is 5.75 Å². The van der Waals surface area contributed by atoms with Crippen molar-refractivity contribution in [3.63, 3.8) is 0 Å². The smallest absolute Gasteiger partial charge is 0.331 e. The van der Waals surface area contributed by atoms with Gasteiger partial charge in [0.15, 0.2) is 6.04 Å². The Kier molecular flexibility index (Phi) is 40.2. The highest BCUT2D eigenvalue weighted by Crippen LogP contribution is 2.23. The molecule has 0 radical (unpaired) electrons. The fourth-order valence-electron chi connectivity index (χ4n) is 13.5. The number of carbonyl (C=O) groups is 14. The Balaban J connectivity index is 1.20. The predicted molar refractivity (Wildman–Crippen MR) is 433 cm³/mol. The van der Waals surface area contributed by atoms with E-state index in [2.05, 4.69) is 80.7 Å². The summed E-state index contributed by atoms with van der Waals surface area (Å²) in [5.41, 5.74) is 26.3. The van der Waals surface area contributed by atoms with E-state index in [0.717, 1.165) is 32.1 Å². The number of nitrogens with one attached hydrogen (secondary N) is 14. The number of H-pyrrole nitrogens is 2. The average Bonchev–Trinajstić information content (AvgIpc) is 1.67. The number of benzene rings is 3. The number of hydrogen-bond acceptors (Lipinski definition) is 20. The third-order valence-corrected chi connectivity index (χ3v) is 20.3. The van der Waals surface area contributed by atoms with Gasteiger partial charge in [0.2, 0.25) is 76.8 Å². The summed E-state index contributed by atoms with van der Waals surface area (Å²) in [5.74, 6) is -13.2. The first kappa shape index (κ1) is 93.8. The van der Waals surface area contributed by atoms with Gasteiger partial charge in [-0.25, -0.2) is 4.79 Å². The molecule has 116 heavy (non-hydrogen) atoms. The Labute approximate surface area is 675 Å². The molecule has 0 bridgehead atoms. The molecule has 5 aromatic rings. The maximum Gasteiger partial charge on any atom is 0.331 e. The normalized spacial score (nSPS) is 17.3. The van der Waals surface area contributed by atoms with Crippen LogP contribution in [0.4, 0.5) is 0 Å². The highest BCUT2D eigenvalue weighted by atomic mass is 16.5. The molecule has 2 aromatic heterocycles. The number of cyclic esters (lactones) is 1. The molecule has 1 fully saturated rings. The number of aromatic amines is 2. The first-order chi connectivity index (χ1) is 55.7. The van der Waals surface area contributed by atoms with Crippen LogP contribution in [0.15, 0.2) is 85.2 Å². The number of phenolic OH excluding ortho intramolecular Hbond substituents is 1. The van der Waals surface area contributed by atoms with Gasteiger partial charge in [-0.05, 0) is 118 Å². The van der Waals surface area contributed by atoms with Gasteiger partial charge in [-0.1, -0.05) is 140 Å². The number of para-hydroxylation sites is 2. The quantitative estimate of drug-likeness (QED) is 0.0183. The van der Waals surface area contributed by atoms with Crippen molar-refractivity contribution in [3.05, 3.63) is 102 Å². The van der Waals surface area contributed by atoms with Crippen molar-refractivity contribution < 1.29 is 82.1 Å². The molecule has 1 saturated heterocycles. The summed E-state index contributed by atoms with van der Waals surface area (Å²) in [4.78, 5) is 203. The van der Waals surface area contributed by atoms with Crippen molar-refractivity contribution in [1.29, 1.82) is 0 Å². The minimum atomic E-state index is -1.79. The Bertz CT molecular complexity index is 4080. The van der Waals surface area contributed by atoms with E-state index < -0.39 is 181 Å². The van der Waals surface area contributed by atoms with Gasteiger partial charge in [0.25, 0.3) is 0 Å². The van der Waals surface area contributed by atoms with Crippen LogP contribution in [0, 0.1) is 5.92 Å². The number of aromatic nitrogens is 2. The molecular weight excluding hydrogens is 1500 g/mol. The number of fused-ring (bicyclic) bond motifs is 2. The van der Waals surface area contributed by atoms with E-state index in [-0.39, 0.29) is 89.6 Å². The molecule has 0 aliphatic carbocycles. The van der Waals surface area contributed by atoms with Crippen molar-refractivity contribution in [2.24, 2.45) is 28.9 Å². The van der Waals surface area contributed by atoms with Gasteiger partial charge in [-0.3, -0.25) is 62.3 Å². The van der Waals surface area contributed by atoms with E-state index in [1.165, 1.54) is 63.3 Å². The Morgan fingerprint density at radius 2 is 0.983 bits per heavy atom. The number of aliphatic hydroxyl groups excluding tert-OH is 1. The summed E-state index contributed by atoms with van der Waals surface area (Å²) in [5, 5.41) is 52.7. The van der Waals surface area contributed by atoms with Crippen molar-refractivity contribution in [2.75, 3.05) is 39.3 Å². The highest BCUT2D eigenvalue weighted by molar-refractivity contribution is 6.01. The molecular formula is C81H120N18O17. The van der Waals surface area contributed by atoms with Gasteiger partial charge in [-0.2, -0.15) is 0 Å². The molecule has 6 rings (SSSR count). The lowest BCUT2D eigenvalue weighted by atomic mass is 9.97. The van der Waals surface area contributed by atoms with Crippen molar-refractivity contribution in [1.82, 2.24) is 73.8 Å². The van der Waals surface area contributed by atoms with Crippen molar-refractivity contribution >= 4 is 105 Å². The van der Waals surface area contributed by atoms with Gasteiger partial charge in [0.1, 0.15) is 66.2 Å². The summed E-state index contributed by atoms with van der Waals surface area (Å²) < 4.78 is 5.58. The Morgan fingerprint density at radius 3 is 1.49 bits per heavy atom. The summed E-state index contributed by atoms with van der Waals surface area (Å²) in [6, 6.07) is 4.84. The predicted octanol–water partition coefficient (Wildman–Crippen LogP) is 0.240. The largest absolute Gasteiger partial charge is 0.508 e. The topological polar surface area (TPSA) is 569 Å². The van der Waals surface area contributed by atoms with Gasteiger partial charge in [0.05, 0.1) is 26.1 Å². The fraction of sp³-hybridized carbons (Fsp3) is 0.556. The zero-order valence-electron chi connectivity index (χ0n) is 66.8. The highest BCUT2D eigenvalue weighted by Gasteiger charge is 2.40. The van der Waals surface area contributed by atoms with Crippen LogP contribution in [0.3, 0.4) is 0 Å². The third kappa shape index (κ3) is 31.0. The van der Waals surface area contributed by atoms with Crippen LogP contribution in [0.25, 0.3) is 21.8 Å². The number of unbranched alkanes of at least 4 members (excludes halogenated alkanes) is 10. The van der Waals surface area contributed by atoms with E-state index in [9.17, 15) is 72.5 Å². The summed E-state index contributed by atoms with van der Waals surface area (Å²) in [7, 11) is 0. The monoisotopic (exact) mass is 1620 g/mol. The molecule has 13 amide bonds. The zero-order chi connectivity index (χ0) is 84.6. The second-order valence-corrected chi connectivity index (χ2v) is 29.5. The maximum absolute atomic E-state index is 15.1. The van der Waals surface area contributed by atoms with Crippen molar-refractivity contribution in [2.45, 2.75) is 242 Å². The number of aliphatic hydroxyl groups is 1. The van der Waals surface area contributed by atoms with Crippen LogP contribution in [0.1, 0.15) is 173 Å². The van der Waals surface area contributed by atoms with Gasteiger partial charge in [-0.15, -0.1) is 0 Å². The molecule has 3 aromatic carbocycles. The lowest BCUT2D eigenvalue weighted by Gasteiger charge is -2.30. The van der Waals surface area contributed by atoms with Crippen molar-refractivity contribution in [3.8, 4) is 5.75 Å². The van der Waals surface area contributed by atoms with Gasteiger partial charge >= 0.3 is 5.97 Å². The first-order valence-corrected chi connectivity index (χ1v) is 40.3. The van der Waals surface area contributed by atoms with Crippen LogP contribution in [0.2, 0.25) is 0 Å². The van der Waals surface area contributed by atoms with Crippen LogP contribution >= 0.6 is 0 Å². The summed E-state index contributed by atoms with van der Waals surface area (Å²) in [6.07, 6.45) is 12.5. The number of phenols is 1. The zero-order valence-corrected chi connectivity index (χ0v) is 66.8. The number of aromatic hydroxyl groups is 1. The molecule has 0 spiro atoms. The lowest BCUT2D eigenvalue weighted by molar-refractivity contribution is -0.157. The second-order valence-electron chi connectivity index (χ2n) is 29.5. The minimum absolute atomic E-state index is 0.0278. The molecule has 12 atom stereocenters. The third-order valence-electron chi connectivity index (χ3n) is 20.3. The number of primary amides is 1. The molecule has 3 heterocycles. The number of carbonyl (C=O) groups excluding carboxylic acids is 14. The SMILES string of the molecule is CCCCCCCCCCCCCC(=O)N[C@H](CC(N)=O)C(=O)N[C@H](Cc1ccc(O)cc1)C(=O)N[C@H](Cc1c[nH]c2ccccc12)C(=O)N[C@H](CCCN)C(=O)N[C@@H](CCCN)C(=O)NCC(=O)N[C@H](CCCN)C(=O)N[C@@H](Cc1c[nH]c2ccccc12)C(=O)N[C@@H]1C(=O)N[C@@H]([C@@H](C)CC)C(=O)NCC(=O)N[C@@H](CO)C(=O)O[C@@H]1C.